The number of fused-ring (bicyclic) bond motifs is 1. The number of nitrogens with zero attached hydrogens (tertiary/aromatic N) is 1. The number of aliphatic imine (C=N–C) groups is 1. The van der Waals surface area contributed by atoms with Crippen molar-refractivity contribution in [3.63, 3.8) is 0 Å². The van der Waals surface area contributed by atoms with Gasteiger partial charge < -0.3 is 10.2 Å². The fraction of sp³-hybridized carbons (Fsp3) is 0.718. The minimum absolute atomic E-state index is 0.158. The zero-order valence-corrected chi connectivity index (χ0v) is 26.3. The monoisotopic (exact) mass is 567 g/mol. The van der Waals surface area contributed by atoms with Crippen molar-refractivity contribution in [1.82, 2.24) is 0 Å². The number of aliphatic hydroxyl groups is 2. The van der Waals surface area contributed by atoms with Gasteiger partial charge in [0, 0.05) is 30.3 Å². The molecule has 0 aromatic carbocycles. The van der Waals surface area contributed by atoms with Gasteiger partial charge in [-0.25, -0.2) is 0 Å². The second-order valence-corrected chi connectivity index (χ2v) is 16.9. The molecule has 42 heavy (non-hydrogen) atoms. The number of aliphatic hydroxyl groups excluding tert-OH is 2. The number of hydrogen-bond donors (Lipinski definition) is 2. The lowest BCUT2D eigenvalue weighted by molar-refractivity contribution is -0.117. The van der Waals surface area contributed by atoms with Gasteiger partial charge in [0.2, 0.25) is 0 Å². The molecule has 0 aromatic heterocycles. The lowest BCUT2D eigenvalue weighted by atomic mass is 9.34. The molecule has 1 heterocycles. The van der Waals surface area contributed by atoms with Gasteiger partial charge in [-0.2, -0.15) is 0 Å². The molecule has 1 aliphatic heterocycles. The molecule has 3 heteroatoms. The van der Waals surface area contributed by atoms with E-state index in [0.29, 0.717) is 53.4 Å². The largest absolute Gasteiger partial charge is 0.396 e. The standard InChI is InChI=1S/C39H53NO2/c1-25-18-32-36(4)34-30(11-15-39(36)33(25)35(39,2)3)7-8-31-29(6-5-17-41)10-14-38(31,34)24-37(32)13-9-26(21-37)19-28(23-42)20-27-12-16-40-22-27/h7-8,11-12,15,18,22,26,28-31,33-34,41-42H,1,5-6,9-10,13-14,16-17,19-21,23-24H2,2-4H3/t26-,28+,29-,30+,31+,33+,34-,36+,37-,38-,39+/m1/s1. The molecule has 226 valence electrons. The zero-order chi connectivity index (χ0) is 29.1. The summed E-state index contributed by atoms with van der Waals surface area (Å²) in [6.07, 6.45) is 29.7. The summed E-state index contributed by atoms with van der Waals surface area (Å²) in [5.74, 6) is 4.11. The van der Waals surface area contributed by atoms with Crippen LogP contribution in [0.1, 0.15) is 85.0 Å². The Labute approximate surface area is 254 Å². The third-order valence-electron chi connectivity index (χ3n) is 15.0. The second kappa shape index (κ2) is 9.16. The van der Waals surface area contributed by atoms with Crippen LogP contribution < -0.4 is 0 Å². The third kappa shape index (κ3) is 3.29. The molecule has 0 amide bonds. The quantitative estimate of drug-likeness (QED) is 0.293. The summed E-state index contributed by atoms with van der Waals surface area (Å²) in [5, 5.41) is 20.2. The summed E-state index contributed by atoms with van der Waals surface area (Å²) in [5.41, 5.74) is 5.67. The van der Waals surface area contributed by atoms with E-state index in [1.54, 1.807) is 5.57 Å². The van der Waals surface area contributed by atoms with Gasteiger partial charge in [-0.15, -0.1) is 0 Å². The molecule has 7 aliphatic carbocycles. The van der Waals surface area contributed by atoms with Gasteiger partial charge in [-0.3, -0.25) is 4.99 Å². The van der Waals surface area contributed by atoms with E-state index >= 15 is 0 Å². The highest BCUT2D eigenvalue weighted by Gasteiger charge is 2.85. The molecule has 3 nitrogen and oxygen atoms in total. The zero-order valence-electron chi connectivity index (χ0n) is 26.3. The first-order valence-corrected chi connectivity index (χ1v) is 17.4. The van der Waals surface area contributed by atoms with Crippen molar-refractivity contribution >= 4 is 6.21 Å². The van der Waals surface area contributed by atoms with Crippen LogP contribution in [0.4, 0.5) is 0 Å². The van der Waals surface area contributed by atoms with E-state index in [2.05, 4.69) is 62.2 Å². The second-order valence-electron chi connectivity index (χ2n) is 16.9. The Kier molecular flexibility index (Phi) is 6.07. The Morgan fingerprint density at radius 1 is 1.10 bits per heavy atom. The average molecular weight is 568 g/mol. The van der Waals surface area contributed by atoms with E-state index < -0.39 is 0 Å². The highest BCUT2D eigenvalue weighted by atomic mass is 16.3. The SMILES string of the molecule is C=C1C=C2[C@@]3(CC[C@H](C[C@H](CO)CC4=CCN=C4)C3)C[C@]34CC[C@@H](CCCO)[C@@H]3C=C[C@H]3C=C[C@@]5([C@@H]1C5(C)C)[C@]2(C)[C@@H]34. The Morgan fingerprint density at radius 3 is 2.71 bits per heavy atom. The third-order valence-corrected chi connectivity index (χ3v) is 15.0. The first-order valence-electron chi connectivity index (χ1n) is 17.4. The molecule has 8 rings (SSSR count). The Balaban J connectivity index is 1.21. The van der Waals surface area contributed by atoms with Crippen LogP contribution in [0.3, 0.4) is 0 Å². The van der Waals surface area contributed by atoms with Crippen molar-refractivity contribution < 1.29 is 10.2 Å². The van der Waals surface area contributed by atoms with Crippen LogP contribution in [-0.2, 0) is 0 Å². The van der Waals surface area contributed by atoms with Crippen LogP contribution in [0, 0.1) is 68.5 Å². The van der Waals surface area contributed by atoms with Gasteiger partial charge in [-0.05, 0) is 127 Å². The summed E-state index contributed by atoms with van der Waals surface area (Å²) >= 11 is 0. The predicted octanol–water partition coefficient (Wildman–Crippen LogP) is 7.88. The van der Waals surface area contributed by atoms with Crippen molar-refractivity contribution in [2.24, 2.45) is 73.5 Å². The van der Waals surface area contributed by atoms with E-state index in [4.69, 9.17) is 6.58 Å². The lowest BCUT2D eigenvalue weighted by Gasteiger charge is -2.69. The van der Waals surface area contributed by atoms with Crippen LogP contribution >= 0.6 is 0 Å². The number of hydrogen-bond acceptors (Lipinski definition) is 3. The van der Waals surface area contributed by atoms with Crippen molar-refractivity contribution in [1.29, 1.82) is 0 Å². The summed E-state index contributed by atoms with van der Waals surface area (Å²) in [6.45, 7) is 14.0. The van der Waals surface area contributed by atoms with Gasteiger partial charge >= 0.3 is 0 Å². The highest BCUT2D eigenvalue weighted by Crippen LogP contribution is 2.91. The molecule has 3 spiro atoms. The Bertz CT molecular complexity index is 1330. The summed E-state index contributed by atoms with van der Waals surface area (Å²) in [4.78, 5) is 4.41. The van der Waals surface area contributed by atoms with E-state index in [9.17, 15) is 10.2 Å². The summed E-state index contributed by atoms with van der Waals surface area (Å²) in [7, 11) is 0. The van der Waals surface area contributed by atoms with Crippen molar-refractivity contribution in [3.05, 3.63) is 59.8 Å². The van der Waals surface area contributed by atoms with Gasteiger partial charge in [-0.1, -0.05) is 75.0 Å². The first-order chi connectivity index (χ1) is 20.2. The van der Waals surface area contributed by atoms with Crippen LogP contribution in [-0.4, -0.2) is 36.2 Å². The molecule has 0 saturated heterocycles. The Hall–Kier alpha value is -1.71. The maximum Gasteiger partial charge on any atom is 0.0576 e. The molecule has 4 fully saturated rings. The highest BCUT2D eigenvalue weighted by molar-refractivity contribution is 5.80. The number of rotatable bonds is 8. The maximum atomic E-state index is 10.4. The van der Waals surface area contributed by atoms with Crippen LogP contribution in [0.15, 0.2) is 64.7 Å². The molecule has 2 N–H and O–H groups in total. The molecule has 0 bridgehead atoms. The minimum Gasteiger partial charge on any atom is -0.396 e. The fourth-order valence-corrected chi connectivity index (χ4v) is 14.0. The molecule has 0 radical (unpaired) electrons. The molecular formula is C39H53NO2. The van der Waals surface area contributed by atoms with Crippen LogP contribution in [0.2, 0.25) is 0 Å². The van der Waals surface area contributed by atoms with Crippen LogP contribution in [0.5, 0.6) is 0 Å². The first kappa shape index (κ1) is 27.8. The predicted molar refractivity (Wildman–Crippen MR) is 171 cm³/mol. The van der Waals surface area contributed by atoms with E-state index in [0.717, 1.165) is 25.8 Å². The maximum absolute atomic E-state index is 10.4. The van der Waals surface area contributed by atoms with Crippen LogP contribution in [0.25, 0.3) is 0 Å². The molecule has 8 aliphatic rings. The van der Waals surface area contributed by atoms with E-state index in [-0.39, 0.29) is 28.3 Å². The number of allylic oxidation sites excluding steroid dienone is 8. The molecule has 0 aromatic rings. The Morgan fingerprint density at radius 2 is 1.95 bits per heavy atom. The van der Waals surface area contributed by atoms with Crippen molar-refractivity contribution in [2.45, 2.75) is 85.0 Å². The van der Waals surface area contributed by atoms with E-state index in [1.807, 2.05) is 6.21 Å². The molecule has 4 saturated carbocycles. The summed E-state index contributed by atoms with van der Waals surface area (Å²) < 4.78 is 0. The lowest BCUT2D eigenvalue weighted by Crippen LogP contribution is -2.63. The average Bonchev–Trinajstić information content (AvgIpc) is 3.49. The van der Waals surface area contributed by atoms with Crippen molar-refractivity contribution in [2.75, 3.05) is 19.8 Å². The molecule has 0 unspecified atom stereocenters. The van der Waals surface area contributed by atoms with E-state index in [1.165, 1.54) is 56.1 Å². The summed E-state index contributed by atoms with van der Waals surface area (Å²) in [6, 6.07) is 0. The smallest absolute Gasteiger partial charge is 0.0576 e. The van der Waals surface area contributed by atoms with Crippen molar-refractivity contribution in [3.8, 4) is 0 Å². The van der Waals surface area contributed by atoms with Gasteiger partial charge in [0.05, 0.1) is 6.54 Å². The fourth-order valence-electron chi connectivity index (χ4n) is 14.0. The van der Waals surface area contributed by atoms with Gasteiger partial charge in [0.1, 0.15) is 0 Å². The molecule has 11 atom stereocenters. The molecular weight excluding hydrogens is 514 g/mol. The topological polar surface area (TPSA) is 52.8 Å². The normalized spacial score (nSPS) is 49.0. The van der Waals surface area contributed by atoms with Gasteiger partial charge in [0.25, 0.3) is 0 Å². The minimum atomic E-state index is 0.158. The van der Waals surface area contributed by atoms with Gasteiger partial charge in [0.15, 0.2) is 0 Å².